The molecular formula is C12H16O. The molecule has 3 atom stereocenters. The maximum absolute atomic E-state index is 10.3. The van der Waals surface area contributed by atoms with E-state index in [1.54, 1.807) is 6.08 Å². The lowest BCUT2D eigenvalue weighted by Gasteiger charge is -2.33. The molecule has 2 fully saturated rings. The van der Waals surface area contributed by atoms with Gasteiger partial charge in [-0.2, -0.15) is 0 Å². The Morgan fingerprint density at radius 3 is 2.85 bits per heavy atom. The minimum absolute atomic E-state index is 0.115. The average Bonchev–Trinajstić information content (AvgIpc) is 2.68. The summed E-state index contributed by atoms with van der Waals surface area (Å²) in [6.45, 7) is 6.40. The Bertz CT molecular complexity index is 277. The topological polar surface area (TPSA) is 17.1 Å². The van der Waals surface area contributed by atoms with Crippen molar-refractivity contribution in [3.63, 3.8) is 0 Å². The predicted molar refractivity (Wildman–Crippen MR) is 53.3 cm³/mol. The highest BCUT2D eigenvalue weighted by Gasteiger charge is 2.49. The van der Waals surface area contributed by atoms with Gasteiger partial charge in [0.2, 0.25) is 0 Å². The lowest BCUT2D eigenvalue weighted by molar-refractivity contribution is -0.104. The number of hydrogen-bond donors (Lipinski definition) is 0. The number of hydrogen-bond acceptors (Lipinski definition) is 1. The standard InChI is InChI=1S/C12H16O/c1-9-10-4-5-11(8-10)12(9,2)6-3-7-13/h3,6-7,10-11H,1,4-5,8H2,2H3/b6-3+/t10-,11+,12+/m1/s1. The fourth-order valence-electron chi connectivity index (χ4n) is 3.03. The van der Waals surface area contributed by atoms with E-state index < -0.39 is 0 Å². The molecule has 0 aromatic carbocycles. The second-order valence-electron chi connectivity index (χ2n) is 4.51. The van der Waals surface area contributed by atoms with Crippen LogP contribution >= 0.6 is 0 Å². The number of rotatable bonds is 2. The van der Waals surface area contributed by atoms with Crippen molar-refractivity contribution in [2.24, 2.45) is 17.3 Å². The van der Waals surface area contributed by atoms with Crippen molar-refractivity contribution in [1.82, 2.24) is 0 Å². The number of fused-ring (bicyclic) bond motifs is 2. The van der Waals surface area contributed by atoms with Gasteiger partial charge in [-0.25, -0.2) is 0 Å². The van der Waals surface area contributed by atoms with E-state index in [0.717, 1.165) is 18.1 Å². The quantitative estimate of drug-likeness (QED) is 0.359. The zero-order valence-electron chi connectivity index (χ0n) is 8.12. The van der Waals surface area contributed by atoms with Crippen molar-refractivity contribution in [2.75, 3.05) is 0 Å². The first-order valence-corrected chi connectivity index (χ1v) is 5.00. The summed E-state index contributed by atoms with van der Waals surface area (Å²) in [5, 5.41) is 0. The Hall–Kier alpha value is -0.850. The molecule has 13 heavy (non-hydrogen) atoms. The van der Waals surface area contributed by atoms with Gasteiger partial charge >= 0.3 is 0 Å². The first-order chi connectivity index (χ1) is 6.18. The predicted octanol–water partition coefficient (Wildman–Crippen LogP) is 2.73. The molecule has 2 rings (SSSR count). The molecule has 0 aliphatic heterocycles. The molecule has 2 saturated carbocycles. The maximum atomic E-state index is 10.3. The van der Waals surface area contributed by atoms with Crippen LogP contribution in [-0.4, -0.2) is 6.29 Å². The highest BCUT2D eigenvalue weighted by Crippen LogP contribution is 2.59. The minimum Gasteiger partial charge on any atom is -0.299 e. The van der Waals surface area contributed by atoms with Crippen molar-refractivity contribution in [2.45, 2.75) is 26.2 Å². The van der Waals surface area contributed by atoms with E-state index >= 15 is 0 Å². The van der Waals surface area contributed by atoms with Crippen LogP contribution in [0.1, 0.15) is 26.2 Å². The summed E-state index contributed by atoms with van der Waals surface area (Å²) in [6.07, 6.45) is 8.46. The van der Waals surface area contributed by atoms with Crippen LogP contribution in [0.15, 0.2) is 24.3 Å². The summed E-state index contributed by atoms with van der Waals surface area (Å²) in [5.74, 6) is 1.47. The van der Waals surface area contributed by atoms with E-state index in [1.165, 1.54) is 24.8 Å². The fraction of sp³-hybridized carbons (Fsp3) is 0.583. The van der Waals surface area contributed by atoms with Gasteiger partial charge in [0.25, 0.3) is 0 Å². The molecule has 2 aliphatic carbocycles. The third-order valence-corrected chi connectivity index (χ3v) is 3.99. The largest absolute Gasteiger partial charge is 0.299 e. The van der Waals surface area contributed by atoms with Crippen LogP contribution in [0.2, 0.25) is 0 Å². The van der Waals surface area contributed by atoms with E-state index in [2.05, 4.69) is 13.5 Å². The normalized spacial score (nSPS) is 43.3. The monoisotopic (exact) mass is 176 g/mol. The fourth-order valence-corrected chi connectivity index (χ4v) is 3.03. The SMILES string of the molecule is C=C1[C@@H]2CC[C@@H](C2)[C@@]1(C)/C=C/C=O. The molecule has 0 aromatic rings. The molecule has 0 heterocycles. The first-order valence-electron chi connectivity index (χ1n) is 5.00. The Labute approximate surface area is 79.5 Å². The molecule has 1 nitrogen and oxygen atoms in total. The van der Waals surface area contributed by atoms with Gasteiger partial charge in [-0.15, -0.1) is 0 Å². The van der Waals surface area contributed by atoms with Gasteiger partial charge in [0.1, 0.15) is 6.29 Å². The number of carbonyl (C=O) groups is 1. The summed E-state index contributed by atoms with van der Waals surface area (Å²) in [5.41, 5.74) is 1.46. The molecule has 0 N–H and O–H groups in total. The van der Waals surface area contributed by atoms with Crippen molar-refractivity contribution in [1.29, 1.82) is 0 Å². The van der Waals surface area contributed by atoms with Crippen molar-refractivity contribution in [3.8, 4) is 0 Å². The van der Waals surface area contributed by atoms with E-state index in [0.29, 0.717) is 0 Å². The van der Waals surface area contributed by atoms with Crippen LogP contribution in [-0.2, 0) is 4.79 Å². The summed E-state index contributed by atoms with van der Waals surface area (Å²) in [4.78, 5) is 10.3. The molecular weight excluding hydrogens is 160 g/mol. The van der Waals surface area contributed by atoms with E-state index in [4.69, 9.17) is 0 Å². The Balaban J connectivity index is 2.27. The van der Waals surface area contributed by atoms with Crippen LogP contribution < -0.4 is 0 Å². The second kappa shape index (κ2) is 2.83. The molecule has 70 valence electrons. The lowest BCUT2D eigenvalue weighted by Crippen LogP contribution is -2.23. The number of carbonyl (C=O) groups excluding carboxylic acids is 1. The van der Waals surface area contributed by atoms with Crippen molar-refractivity contribution in [3.05, 3.63) is 24.3 Å². The molecule has 0 unspecified atom stereocenters. The molecule has 2 aliphatic rings. The van der Waals surface area contributed by atoms with Crippen LogP contribution in [0.3, 0.4) is 0 Å². The van der Waals surface area contributed by atoms with Crippen LogP contribution in [0.25, 0.3) is 0 Å². The smallest absolute Gasteiger partial charge is 0.142 e. The highest BCUT2D eigenvalue weighted by molar-refractivity contribution is 5.65. The molecule has 0 saturated heterocycles. The van der Waals surface area contributed by atoms with E-state index in [9.17, 15) is 4.79 Å². The molecule has 0 radical (unpaired) electrons. The molecule has 1 heteroatoms. The zero-order valence-corrected chi connectivity index (χ0v) is 8.12. The molecule has 2 bridgehead atoms. The van der Waals surface area contributed by atoms with Crippen LogP contribution in [0.5, 0.6) is 0 Å². The highest BCUT2D eigenvalue weighted by atomic mass is 16.1. The van der Waals surface area contributed by atoms with Gasteiger partial charge in [0, 0.05) is 5.41 Å². The summed E-state index contributed by atoms with van der Waals surface area (Å²) >= 11 is 0. The Morgan fingerprint density at radius 2 is 2.31 bits per heavy atom. The molecule has 0 amide bonds. The summed E-state index contributed by atoms with van der Waals surface area (Å²) < 4.78 is 0. The van der Waals surface area contributed by atoms with Gasteiger partial charge in [0.15, 0.2) is 0 Å². The van der Waals surface area contributed by atoms with Crippen LogP contribution in [0.4, 0.5) is 0 Å². The first kappa shape index (κ1) is 8.74. The minimum atomic E-state index is 0.115. The zero-order chi connectivity index (χ0) is 9.47. The third kappa shape index (κ3) is 1.10. The van der Waals surface area contributed by atoms with Gasteiger partial charge in [-0.05, 0) is 37.2 Å². The number of allylic oxidation sites excluding steroid dienone is 3. The van der Waals surface area contributed by atoms with E-state index in [1.807, 2.05) is 6.08 Å². The van der Waals surface area contributed by atoms with E-state index in [-0.39, 0.29) is 5.41 Å². The average molecular weight is 176 g/mol. The summed E-state index contributed by atoms with van der Waals surface area (Å²) in [7, 11) is 0. The van der Waals surface area contributed by atoms with Gasteiger partial charge < -0.3 is 0 Å². The molecule has 0 spiro atoms. The van der Waals surface area contributed by atoms with Crippen molar-refractivity contribution < 1.29 is 4.79 Å². The van der Waals surface area contributed by atoms with Crippen LogP contribution in [0, 0.1) is 17.3 Å². The Morgan fingerprint density at radius 1 is 1.54 bits per heavy atom. The number of aldehydes is 1. The summed E-state index contributed by atoms with van der Waals surface area (Å²) in [6, 6.07) is 0. The second-order valence-corrected chi connectivity index (χ2v) is 4.51. The van der Waals surface area contributed by atoms with Gasteiger partial charge in [0.05, 0.1) is 0 Å². The van der Waals surface area contributed by atoms with Crippen molar-refractivity contribution >= 4 is 6.29 Å². The Kier molecular flexibility index (Phi) is 1.90. The van der Waals surface area contributed by atoms with Gasteiger partial charge in [-0.1, -0.05) is 25.2 Å². The molecule has 0 aromatic heterocycles. The lowest BCUT2D eigenvalue weighted by atomic mass is 9.72. The third-order valence-electron chi connectivity index (χ3n) is 3.99. The maximum Gasteiger partial charge on any atom is 0.142 e. The van der Waals surface area contributed by atoms with Gasteiger partial charge in [-0.3, -0.25) is 4.79 Å².